The Labute approximate surface area is 219 Å². The summed E-state index contributed by atoms with van der Waals surface area (Å²) in [4.78, 5) is 14.4. The van der Waals surface area contributed by atoms with Crippen molar-refractivity contribution in [3.63, 3.8) is 0 Å². The number of amides is 1. The number of benzene rings is 3. The third-order valence-corrected chi connectivity index (χ3v) is 8.13. The molecule has 0 fully saturated rings. The van der Waals surface area contributed by atoms with Crippen molar-refractivity contribution in [2.45, 2.75) is 43.0 Å². The Balaban J connectivity index is 1.98. The second kappa shape index (κ2) is 12.8. The molecule has 192 valence electrons. The molecule has 0 heterocycles. The van der Waals surface area contributed by atoms with Crippen LogP contribution in [0.3, 0.4) is 0 Å². The maximum atomic E-state index is 13.8. The van der Waals surface area contributed by atoms with Gasteiger partial charge < -0.3 is 10.1 Å². The molecule has 6 nitrogen and oxygen atoms in total. The van der Waals surface area contributed by atoms with Crippen LogP contribution in [0.25, 0.3) is 0 Å². The molecule has 3 rings (SSSR count). The molecule has 0 bridgehead atoms. The highest BCUT2D eigenvalue weighted by Gasteiger charge is 2.30. The molecule has 3 aromatic carbocycles. The zero-order valence-electron chi connectivity index (χ0n) is 21.2. The van der Waals surface area contributed by atoms with Crippen LogP contribution in [0.15, 0.2) is 88.7 Å². The Bertz CT molecular complexity index is 1230. The summed E-state index contributed by atoms with van der Waals surface area (Å²) in [7, 11) is -4.06. The summed E-state index contributed by atoms with van der Waals surface area (Å²) >= 11 is 1.53. The summed E-state index contributed by atoms with van der Waals surface area (Å²) in [6.07, 6.45) is 2.66. The van der Waals surface area contributed by atoms with Gasteiger partial charge in [0, 0.05) is 4.90 Å². The lowest BCUT2D eigenvalue weighted by molar-refractivity contribution is -0.120. The van der Waals surface area contributed by atoms with Gasteiger partial charge in [0.2, 0.25) is 5.91 Å². The Kier molecular flexibility index (Phi) is 9.84. The first kappa shape index (κ1) is 27.6. The minimum absolute atomic E-state index is 0.112. The number of sulfonamides is 1. The highest BCUT2D eigenvalue weighted by molar-refractivity contribution is 7.98. The number of nitrogens with one attached hydrogen (secondary N) is 1. The molecule has 0 saturated carbocycles. The highest BCUT2D eigenvalue weighted by atomic mass is 32.2. The molecule has 3 aromatic rings. The van der Waals surface area contributed by atoms with E-state index in [1.54, 1.807) is 48.5 Å². The van der Waals surface area contributed by atoms with E-state index < -0.39 is 10.0 Å². The predicted molar refractivity (Wildman–Crippen MR) is 147 cm³/mol. The van der Waals surface area contributed by atoms with Crippen molar-refractivity contribution in [1.82, 2.24) is 5.32 Å². The summed E-state index contributed by atoms with van der Waals surface area (Å²) in [6.45, 7) is 6.01. The Morgan fingerprint density at radius 1 is 0.972 bits per heavy atom. The minimum Gasteiger partial charge on any atom is -0.492 e. The minimum atomic E-state index is -4.06. The van der Waals surface area contributed by atoms with Gasteiger partial charge in [-0.2, -0.15) is 0 Å². The molecule has 1 atom stereocenters. The van der Waals surface area contributed by atoms with Gasteiger partial charge in [-0.1, -0.05) is 56.3 Å². The largest absolute Gasteiger partial charge is 0.492 e. The van der Waals surface area contributed by atoms with Crippen LogP contribution >= 0.6 is 11.8 Å². The van der Waals surface area contributed by atoms with Crippen LogP contribution in [0, 0.1) is 5.92 Å². The van der Waals surface area contributed by atoms with Crippen LogP contribution in [0.4, 0.5) is 5.69 Å². The average Bonchev–Trinajstić information content (AvgIpc) is 2.88. The van der Waals surface area contributed by atoms with Gasteiger partial charge in [0.25, 0.3) is 10.0 Å². The van der Waals surface area contributed by atoms with Gasteiger partial charge in [-0.05, 0) is 67.5 Å². The van der Waals surface area contributed by atoms with E-state index in [-0.39, 0.29) is 23.4 Å². The number of hydrogen-bond donors (Lipinski definition) is 1. The van der Waals surface area contributed by atoms with Crippen molar-refractivity contribution in [1.29, 1.82) is 0 Å². The van der Waals surface area contributed by atoms with E-state index in [4.69, 9.17) is 4.74 Å². The highest BCUT2D eigenvalue weighted by Crippen LogP contribution is 2.33. The fourth-order valence-electron chi connectivity index (χ4n) is 3.92. The molecule has 0 aromatic heterocycles. The van der Waals surface area contributed by atoms with E-state index >= 15 is 0 Å². The van der Waals surface area contributed by atoms with E-state index in [0.717, 1.165) is 21.2 Å². The number of anilines is 1. The molecule has 0 radical (unpaired) electrons. The van der Waals surface area contributed by atoms with Gasteiger partial charge in [0.15, 0.2) is 0 Å². The topological polar surface area (TPSA) is 75.7 Å². The Morgan fingerprint density at radius 2 is 1.61 bits per heavy atom. The summed E-state index contributed by atoms with van der Waals surface area (Å²) in [6, 6.07) is 23.1. The molecule has 1 N–H and O–H groups in total. The lowest BCUT2D eigenvalue weighted by Gasteiger charge is -2.27. The Hall–Kier alpha value is -2.97. The summed E-state index contributed by atoms with van der Waals surface area (Å²) in [5, 5.41) is 3.07. The quantitative estimate of drug-likeness (QED) is 0.297. The predicted octanol–water partition coefficient (Wildman–Crippen LogP) is 5.91. The van der Waals surface area contributed by atoms with Gasteiger partial charge in [-0.25, -0.2) is 8.42 Å². The fourth-order valence-corrected chi connectivity index (χ4v) is 5.76. The number of carbonyl (C=O) groups excluding carboxylic acids is 1. The van der Waals surface area contributed by atoms with Crippen molar-refractivity contribution in [2.75, 3.05) is 23.7 Å². The van der Waals surface area contributed by atoms with Crippen LogP contribution in [-0.4, -0.2) is 33.7 Å². The van der Waals surface area contributed by atoms with Crippen LogP contribution in [0.1, 0.15) is 38.8 Å². The molecule has 0 aliphatic heterocycles. The number of ether oxygens (including phenoxy) is 1. The smallest absolute Gasteiger partial charge is 0.264 e. The van der Waals surface area contributed by atoms with Gasteiger partial charge in [0.1, 0.15) is 12.3 Å². The van der Waals surface area contributed by atoms with Crippen molar-refractivity contribution >= 4 is 33.4 Å². The SMILES string of the molecule is CCOc1ccccc1N(CC(=O)N[C@H](CC(C)C)c1ccccc1)S(=O)(=O)c1ccc(SC)cc1. The first-order valence-electron chi connectivity index (χ1n) is 12.0. The van der Waals surface area contributed by atoms with Gasteiger partial charge >= 0.3 is 0 Å². The van der Waals surface area contributed by atoms with Crippen LogP contribution in [-0.2, 0) is 14.8 Å². The van der Waals surface area contributed by atoms with E-state index in [9.17, 15) is 13.2 Å². The second-order valence-electron chi connectivity index (χ2n) is 8.75. The molecule has 0 aliphatic carbocycles. The molecule has 1 amide bonds. The molecule has 8 heteroatoms. The molecule has 0 spiro atoms. The number of hydrogen-bond acceptors (Lipinski definition) is 5. The molecular weight excluding hydrogens is 492 g/mol. The summed E-state index contributed by atoms with van der Waals surface area (Å²) in [5.41, 5.74) is 1.31. The maximum absolute atomic E-state index is 13.8. The van der Waals surface area contributed by atoms with E-state index in [0.29, 0.717) is 24.0 Å². The van der Waals surface area contributed by atoms with E-state index in [2.05, 4.69) is 19.2 Å². The first-order valence-corrected chi connectivity index (χ1v) is 14.7. The van der Waals surface area contributed by atoms with E-state index in [1.807, 2.05) is 43.5 Å². The van der Waals surface area contributed by atoms with Crippen LogP contribution in [0.2, 0.25) is 0 Å². The number of rotatable bonds is 12. The van der Waals surface area contributed by atoms with Crippen LogP contribution < -0.4 is 14.4 Å². The fraction of sp³-hybridized carbons (Fsp3) is 0.321. The maximum Gasteiger partial charge on any atom is 0.264 e. The summed E-state index contributed by atoms with van der Waals surface area (Å²) < 4.78 is 34.5. The summed E-state index contributed by atoms with van der Waals surface area (Å²) in [5.74, 6) is 0.350. The van der Waals surface area contributed by atoms with Crippen molar-refractivity contribution in [3.05, 3.63) is 84.4 Å². The molecule has 0 unspecified atom stereocenters. The lowest BCUT2D eigenvalue weighted by Crippen LogP contribution is -2.42. The molecular formula is C28H34N2O4S2. The number of nitrogens with zero attached hydrogens (tertiary/aromatic N) is 1. The van der Waals surface area contributed by atoms with Crippen molar-refractivity contribution in [3.8, 4) is 5.75 Å². The first-order chi connectivity index (χ1) is 17.3. The molecule has 0 saturated heterocycles. The molecule has 0 aliphatic rings. The average molecular weight is 527 g/mol. The van der Waals surface area contributed by atoms with Crippen molar-refractivity contribution < 1.29 is 17.9 Å². The third-order valence-electron chi connectivity index (χ3n) is 5.61. The Morgan fingerprint density at radius 3 is 2.22 bits per heavy atom. The van der Waals surface area contributed by atoms with Crippen LogP contribution in [0.5, 0.6) is 5.75 Å². The normalized spacial score (nSPS) is 12.2. The monoisotopic (exact) mass is 526 g/mol. The molecule has 36 heavy (non-hydrogen) atoms. The third kappa shape index (κ3) is 7.04. The van der Waals surface area contributed by atoms with Gasteiger partial charge in [-0.3, -0.25) is 9.10 Å². The second-order valence-corrected chi connectivity index (χ2v) is 11.5. The number of thioether (sulfide) groups is 1. The zero-order valence-corrected chi connectivity index (χ0v) is 22.8. The van der Waals surface area contributed by atoms with Gasteiger partial charge in [0.05, 0.1) is 23.2 Å². The zero-order chi connectivity index (χ0) is 26.1. The van der Waals surface area contributed by atoms with Crippen molar-refractivity contribution in [2.24, 2.45) is 5.92 Å². The van der Waals surface area contributed by atoms with Gasteiger partial charge in [-0.15, -0.1) is 11.8 Å². The van der Waals surface area contributed by atoms with E-state index in [1.165, 1.54) is 11.8 Å². The number of carbonyl (C=O) groups is 1. The lowest BCUT2D eigenvalue weighted by atomic mass is 9.97. The standard InChI is InChI=1S/C28H34N2O4S2/c1-5-34-27-14-10-9-13-26(27)30(36(32,33)24-17-15-23(35-4)16-18-24)20-28(31)29-25(19-21(2)3)22-11-7-6-8-12-22/h6-18,21,25H,5,19-20H2,1-4H3,(H,29,31)/t25-/m1/s1. The number of para-hydroxylation sites is 2.